The smallest absolute Gasteiger partial charge is 0.342 e. The Morgan fingerprint density at radius 2 is 1.86 bits per heavy atom. The second kappa shape index (κ2) is 7.84. The number of anilines is 1. The highest BCUT2D eigenvalue weighted by atomic mass is 35.5. The van der Waals surface area contributed by atoms with E-state index in [1.807, 2.05) is 12.1 Å². The Balaban J connectivity index is 0.000000235. The standard InChI is InChI=1S/C7H4ClNO4.C7H9NO/c8-4-1-2-6(9(12)13)5(3-4)7(10)11;1-9-7-4-2-6(8)3-5-7/h1-3H,(H,10,11);2-5H,8H2,1H3. The molecule has 3 N–H and O–H groups in total. The minimum Gasteiger partial charge on any atom is -0.497 e. The zero-order chi connectivity index (χ0) is 16.7. The highest BCUT2D eigenvalue weighted by Gasteiger charge is 2.19. The van der Waals surface area contributed by atoms with Gasteiger partial charge in [-0.2, -0.15) is 0 Å². The van der Waals surface area contributed by atoms with Gasteiger partial charge in [0.25, 0.3) is 5.69 Å². The molecule has 0 aliphatic rings. The molecule has 0 saturated heterocycles. The maximum absolute atomic E-state index is 10.5. The first kappa shape index (κ1) is 17.3. The lowest BCUT2D eigenvalue weighted by molar-refractivity contribution is -0.385. The predicted molar refractivity (Wildman–Crippen MR) is 82.5 cm³/mol. The molecule has 2 aromatic rings. The number of nitro groups is 1. The van der Waals surface area contributed by atoms with E-state index in [4.69, 9.17) is 27.2 Å². The number of rotatable bonds is 3. The monoisotopic (exact) mass is 324 g/mol. The summed E-state index contributed by atoms with van der Waals surface area (Å²) < 4.78 is 4.91. The molecule has 0 spiro atoms. The van der Waals surface area contributed by atoms with Crippen molar-refractivity contribution in [1.82, 2.24) is 0 Å². The number of methoxy groups -OCH3 is 1. The van der Waals surface area contributed by atoms with Crippen LogP contribution in [0.3, 0.4) is 0 Å². The van der Waals surface area contributed by atoms with Crippen LogP contribution in [0.2, 0.25) is 5.02 Å². The van der Waals surface area contributed by atoms with Gasteiger partial charge >= 0.3 is 5.97 Å². The maximum Gasteiger partial charge on any atom is 0.342 e. The van der Waals surface area contributed by atoms with Gasteiger partial charge in [0.1, 0.15) is 11.3 Å². The Bertz CT molecular complexity index is 673. The van der Waals surface area contributed by atoms with Crippen molar-refractivity contribution in [1.29, 1.82) is 0 Å². The topological polar surface area (TPSA) is 116 Å². The Hall–Kier alpha value is -2.80. The van der Waals surface area contributed by atoms with Crippen molar-refractivity contribution in [2.45, 2.75) is 0 Å². The zero-order valence-electron chi connectivity index (χ0n) is 11.5. The molecule has 0 atom stereocenters. The van der Waals surface area contributed by atoms with Crippen LogP contribution in [0.1, 0.15) is 10.4 Å². The number of nitrogens with zero attached hydrogens (tertiary/aromatic N) is 1. The first-order valence-electron chi connectivity index (χ1n) is 5.92. The van der Waals surface area contributed by atoms with Gasteiger partial charge in [-0.15, -0.1) is 0 Å². The SMILES string of the molecule is COc1ccc(N)cc1.O=C(O)c1cc(Cl)ccc1[N+](=O)[O-]. The van der Waals surface area contributed by atoms with E-state index in [0.29, 0.717) is 0 Å². The minimum atomic E-state index is -1.37. The van der Waals surface area contributed by atoms with Gasteiger partial charge in [0.15, 0.2) is 0 Å². The summed E-state index contributed by atoms with van der Waals surface area (Å²) >= 11 is 5.48. The lowest BCUT2D eigenvalue weighted by atomic mass is 10.2. The molecule has 2 aromatic carbocycles. The molecule has 0 saturated carbocycles. The van der Waals surface area contributed by atoms with Crippen molar-refractivity contribution >= 4 is 28.9 Å². The highest BCUT2D eigenvalue weighted by molar-refractivity contribution is 6.31. The van der Waals surface area contributed by atoms with Crippen molar-refractivity contribution in [2.75, 3.05) is 12.8 Å². The van der Waals surface area contributed by atoms with E-state index >= 15 is 0 Å². The van der Waals surface area contributed by atoms with Gasteiger partial charge in [0, 0.05) is 16.8 Å². The van der Waals surface area contributed by atoms with Crippen molar-refractivity contribution in [3.8, 4) is 5.75 Å². The number of carbonyl (C=O) groups is 1. The minimum absolute atomic E-state index is 0.156. The normalized spacial score (nSPS) is 9.36. The number of nitro benzene ring substituents is 1. The Morgan fingerprint density at radius 3 is 2.32 bits per heavy atom. The number of halogens is 1. The summed E-state index contributed by atoms with van der Waals surface area (Å²) in [6.45, 7) is 0. The van der Waals surface area contributed by atoms with Crippen LogP contribution in [0.4, 0.5) is 11.4 Å². The predicted octanol–water partition coefficient (Wildman–Crippen LogP) is 3.22. The summed E-state index contributed by atoms with van der Waals surface area (Å²) in [5.74, 6) is -0.529. The number of carboxylic acids is 1. The Morgan fingerprint density at radius 1 is 1.27 bits per heavy atom. The molecular weight excluding hydrogens is 312 g/mol. The van der Waals surface area contributed by atoms with Crippen LogP contribution < -0.4 is 10.5 Å². The van der Waals surface area contributed by atoms with E-state index in [2.05, 4.69) is 0 Å². The molecule has 0 bridgehead atoms. The van der Waals surface area contributed by atoms with Crippen molar-refractivity contribution < 1.29 is 19.6 Å². The summed E-state index contributed by atoms with van der Waals surface area (Å²) in [6, 6.07) is 10.6. The number of nitrogens with two attached hydrogens (primary N) is 1. The molecule has 0 heterocycles. The third kappa shape index (κ3) is 4.95. The maximum atomic E-state index is 10.5. The van der Waals surface area contributed by atoms with Crippen molar-refractivity contribution in [2.24, 2.45) is 0 Å². The number of benzene rings is 2. The average Bonchev–Trinajstić information content (AvgIpc) is 2.48. The van der Waals surface area contributed by atoms with Gasteiger partial charge in [-0.3, -0.25) is 10.1 Å². The lowest BCUT2D eigenvalue weighted by Gasteiger charge is -1.97. The van der Waals surface area contributed by atoms with Gasteiger partial charge in [0.2, 0.25) is 0 Å². The van der Waals surface area contributed by atoms with Crippen LogP contribution >= 0.6 is 11.6 Å². The van der Waals surface area contributed by atoms with E-state index in [9.17, 15) is 14.9 Å². The molecular formula is C14H13ClN2O5. The average molecular weight is 325 g/mol. The van der Waals surface area contributed by atoms with Crippen LogP contribution in [0.25, 0.3) is 0 Å². The molecule has 8 heteroatoms. The third-order valence-electron chi connectivity index (χ3n) is 2.50. The van der Waals surface area contributed by atoms with Gasteiger partial charge in [0.05, 0.1) is 12.0 Å². The summed E-state index contributed by atoms with van der Waals surface area (Å²) in [6.07, 6.45) is 0. The first-order valence-corrected chi connectivity index (χ1v) is 6.29. The molecule has 0 unspecified atom stereocenters. The largest absolute Gasteiger partial charge is 0.497 e. The first-order chi connectivity index (χ1) is 10.3. The number of hydrogen-bond acceptors (Lipinski definition) is 5. The van der Waals surface area contributed by atoms with E-state index in [0.717, 1.165) is 23.6 Å². The molecule has 0 aliphatic carbocycles. The zero-order valence-corrected chi connectivity index (χ0v) is 12.3. The van der Waals surface area contributed by atoms with E-state index in [1.165, 1.54) is 6.07 Å². The van der Waals surface area contributed by atoms with Gasteiger partial charge < -0.3 is 15.6 Å². The molecule has 0 aliphatic heterocycles. The molecule has 22 heavy (non-hydrogen) atoms. The number of hydrogen-bond donors (Lipinski definition) is 2. The summed E-state index contributed by atoms with van der Waals surface area (Å²) in [5, 5.41) is 19.1. The molecule has 0 aromatic heterocycles. The molecule has 2 rings (SSSR count). The fourth-order valence-electron chi connectivity index (χ4n) is 1.44. The summed E-state index contributed by atoms with van der Waals surface area (Å²) in [5.41, 5.74) is 5.32. The fraction of sp³-hybridized carbons (Fsp3) is 0.0714. The molecule has 0 amide bonds. The molecule has 116 valence electrons. The van der Waals surface area contributed by atoms with E-state index in [-0.39, 0.29) is 5.02 Å². The molecule has 7 nitrogen and oxygen atoms in total. The lowest BCUT2D eigenvalue weighted by Crippen LogP contribution is -2.02. The van der Waals surface area contributed by atoms with Crippen LogP contribution in [-0.2, 0) is 0 Å². The van der Waals surface area contributed by atoms with Crippen LogP contribution in [-0.4, -0.2) is 23.1 Å². The van der Waals surface area contributed by atoms with E-state index in [1.54, 1.807) is 19.2 Å². The summed E-state index contributed by atoms with van der Waals surface area (Å²) in [7, 11) is 1.63. The Kier molecular flexibility index (Phi) is 6.15. The third-order valence-corrected chi connectivity index (χ3v) is 2.74. The van der Waals surface area contributed by atoms with Gasteiger partial charge in [-0.1, -0.05) is 11.6 Å². The van der Waals surface area contributed by atoms with Gasteiger partial charge in [-0.05, 0) is 36.4 Å². The highest BCUT2D eigenvalue weighted by Crippen LogP contribution is 2.22. The fourth-order valence-corrected chi connectivity index (χ4v) is 1.61. The number of aromatic carboxylic acids is 1. The molecule has 0 radical (unpaired) electrons. The molecule has 0 fully saturated rings. The van der Waals surface area contributed by atoms with Crippen molar-refractivity contribution in [3.05, 3.63) is 63.2 Å². The second-order valence-corrected chi connectivity index (χ2v) is 4.43. The van der Waals surface area contributed by atoms with E-state index < -0.39 is 22.1 Å². The van der Waals surface area contributed by atoms with Gasteiger partial charge in [-0.25, -0.2) is 4.79 Å². The van der Waals surface area contributed by atoms with Crippen molar-refractivity contribution in [3.63, 3.8) is 0 Å². The second-order valence-electron chi connectivity index (χ2n) is 4.00. The van der Waals surface area contributed by atoms with Crippen LogP contribution in [0, 0.1) is 10.1 Å². The number of nitrogen functional groups attached to an aromatic ring is 1. The number of carboxylic acid groups (broad SMARTS) is 1. The van der Waals surface area contributed by atoms with Crippen LogP contribution in [0.15, 0.2) is 42.5 Å². The summed E-state index contributed by atoms with van der Waals surface area (Å²) in [4.78, 5) is 20.1. The quantitative estimate of drug-likeness (QED) is 0.508. The van der Waals surface area contributed by atoms with Crippen LogP contribution in [0.5, 0.6) is 5.75 Å². The number of ether oxygens (including phenoxy) is 1. The Labute approximate surface area is 131 Å².